The van der Waals surface area contributed by atoms with Crippen LogP contribution >= 0.6 is 0 Å². The summed E-state index contributed by atoms with van der Waals surface area (Å²) in [4.78, 5) is 12.9. The molecule has 1 aliphatic carbocycles. The molecule has 1 fully saturated rings. The van der Waals surface area contributed by atoms with E-state index in [1.807, 2.05) is 0 Å². The van der Waals surface area contributed by atoms with Crippen LogP contribution in [0, 0.1) is 0 Å². The summed E-state index contributed by atoms with van der Waals surface area (Å²) >= 11 is 0. The standard InChI is InChI=1S/C21H26O6/c1-20(2,23)16-9-12-14(26-16)11-15-18(19(12)25-3)13(22)10-17(27-15)21(24)7-5-4-6-8-21/h10-11,16,23-24H,4-9H2,1-3H3/t16-/m0/s1. The van der Waals surface area contributed by atoms with Crippen molar-refractivity contribution in [2.24, 2.45) is 0 Å². The van der Waals surface area contributed by atoms with Gasteiger partial charge in [0.25, 0.3) is 0 Å². The third-order valence-corrected chi connectivity index (χ3v) is 5.83. The van der Waals surface area contributed by atoms with E-state index in [0.29, 0.717) is 47.5 Å². The molecular weight excluding hydrogens is 348 g/mol. The number of hydrogen-bond acceptors (Lipinski definition) is 6. The molecule has 2 aliphatic rings. The minimum Gasteiger partial charge on any atom is -0.495 e. The number of aliphatic hydroxyl groups is 2. The highest BCUT2D eigenvalue weighted by Gasteiger charge is 2.39. The zero-order valence-corrected chi connectivity index (χ0v) is 16.0. The molecule has 4 rings (SSSR count). The molecule has 0 amide bonds. The molecule has 2 N–H and O–H groups in total. The highest BCUT2D eigenvalue weighted by atomic mass is 16.5. The van der Waals surface area contributed by atoms with Crippen LogP contribution in [-0.4, -0.2) is 29.0 Å². The van der Waals surface area contributed by atoms with Gasteiger partial charge >= 0.3 is 0 Å². The second-order valence-electron chi connectivity index (χ2n) is 8.29. The molecule has 1 atom stereocenters. The first kappa shape index (κ1) is 18.3. The van der Waals surface area contributed by atoms with Gasteiger partial charge in [0.2, 0.25) is 0 Å². The van der Waals surface area contributed by atoms with Crippen molar-refractivity contribution in [2.75, 3.05) is 7.11 Å². The second kappa shape index (κ2) is 6.24. The van der Waals surface area contributed by atoms with E-state index in [1.54, 1.807) is 19.9 Å². The van der Waals surface area contributed by atoms with Crippen LogP contribution in [0.3, 0.4) is 0 Å². The van der Waals surface area contributed by atoms with Crippen molar-refractivity contribution in [3.8, 4) is 11.5 Å². The first-order valence-corrected chi connectivity index (χ1v) is 9.52. The maximum atomic E-state index is 12.9. The average molecular weight is 374 g/mol. The van der Waals surface area contributed by atoms with Crippen molar-refractivity contribution in [1.29, 1.82) is 0 Å². The van der Waals surface area contributed by atoms with Gasteiger partial charge in [0.05, 0.1) is 12.7 Å². The predicted molar refractivity (Wildman–Crippen MR) is 100 cm³/mol. The Balaban J connectivity index is 1.87. The van der Waals surface area contributed by atoms with Gasteiger partial charge < -0.3 is 24.1 Å². The van der Waals surface area contributed by atoms with Gasteiger partial charge in [-0.3, -0.25) is 4.79 Å². The summed E-state index contributed by atoms with van der Waals surface area (Å²) in [6, 6.07) is 3.07. The Morgan fingerprint density at radius 1 is 1.22 bits per heavy atom. The Labute approximate surface area is 157 Å². The Morgan fingerprint density at radius 3 is 2.56 bits per heavy atom. The Kier molecular flexibility index (Phi) is 4.24. The van der Waals surface area contributed by atoms with E-state index < -0.39 is 17.3 Å². The fraction of sp³-hybridized carbons (Fsp3) is 0.571. The molecule has 0 spiro atoms. The van der Waals surface area contributed by atoms with Crippen molar-refractivity contribution >= 4 is 11.0 Å². The van der Waals surface area contributed by atoms with Crippen molar-refractivity contribution < 1.29 is 24.1 Å². The van der Waals surface area contributed by atoms with Crippen molar-refractivity contribution in [3.05, 3.63) is 33.7 Å². The Morgan fingerprint density at radius 2 is 1.93 bits per heavy atom. The lowest BCUT2D eigenvalue weighted by atomic mass is 9.83. The molecule has 1 aliphatic heterocycles. The summed E-state index contributed by atoms with van der Waals surface area (Å²) in [7, 11) is 1.51. The Bertz CT molecular complexity index is 930. The van der Waals surface area contributed by atoms with Crippen LogP contribution in [0.15, 0.2) is 21.3 Å². The van der Waals surface area contributed by atoms with Crippen LogP contribution in [0.1, 0.15) is 57.3 Å². The van der Waals surface area contributed by atoms with Crippen molar-refractivity contribution in [1.82, 2.24) is 0 Å². The number of methoxy groups -OCH3 is 1. The molecular formula is C21H26O6. The number of ether oxygens (including phenoxy) is 2. The highest BCUT2D eigenvalue weighted by Crippen LogP contribution is 2.44. The summed E-state index contributed by atoms with van der Waals surface area (Å²) in [5, 5.41) is 21.6. The van der Waals surface area contributed by atoms with Crippen molar-refractivity contribution in [3.63, 3.8) is 0 Å². The fourth-order valence-corrected chi connectivity index (χ4v) is 4.22. The summed E-state index contributed by atoms with van der Waals surface area (Å²) < 4.78 is 17.5. The first-order valence-electron chi connectivity index (χ1n) is 9.52. The number of fused-ring (bicyclic) bond motifs is 2. The molecule has 0 radical (unpaired) electrons. The molecule has 0 unspecified atom stereocenters. The van der Waals surface area contributed by atoms with Crippen LogP contribution in [-0.2, 0) is 12.0 Å². The molecule has 6 nitrogen and oxygen atoms in total. The molecule has 1 aromatic heterocycles. The zero-order chi connectivity index (χ0) is 19.4. The molecule has 1 aromatic carbocycles. The lowest BCUT2D eigenvalue weighted by Crippen LogP contribution is -2.39. The van der Waals surface area contributed by atoms with Gasteiger partial charge in [-0.15, -0.1) is 0 Å². The van der Waals surface area contributed by atoms with E-state index in [1.165, 1.54) is 13.2 Å². The number of hydrogen-bond donors (Lipinski definition) is 2. The summed E-state index contributed by atoms with van der Waals surface area (Å²) in [5.41, 5.74) is -1.28. The van der Waals surface area contributed by atoms with Crippen LogP contribution in [0.25, 0.3) is 11.0 Å². The van der Waals surface area contributed by atoms with E-state index in [9.17, 15) is 15.0 Å². The van der Waals surface area contributed by atoms with Gasteiger partial charge in [-0.1, -0.05) is 19.3 Å². The topological polar surface area (TPSA) is 89.1 Å². The smallest absolute Gasteiger partial charge is 0.196 e. The number of benzene rings is 1. The van der Waals surface area contributed by atoms with Crippen LogP contribution < -0.4 is 14.9 Å². The highest BCUT2D eigenvalue weighted by molar-refractivity contribution is 5.87. The second-order valence-corrected chi connectivity index (χ2v) is 8.29. The molecule has 6 heteroatoms. The molecule has 146 valence electrons. The normalized spacial score (nSPS) is 21.7. The van der Waals surface area contributed by atoms with Crippen molar-refractivity contribution in [2.45, 2.75) is 69.7 Å². The third-order valence-electron chi connectivity index (χ3n) is 5.83. The van der Waals surface area contributed by atoms with E-state index in [2.05, 4.69) is 0 Å². The maximum Gasteiger partial charge on any atom is 0.196 e. The monoisotopic (exact) mass is 374 g/mol. The molecule has 2 aromatic rings. The summed E-state index contributed by atoms with van der Waals surface area (Å²) in [5.74, 6) is 1.27. The quantitative estimate of drug-likeness (QED) is 0.858. The first-order chi connectivity index (χ1) is 12.7. The van der Waals surface area contributed by atoms with Gasteiger partial charge in [0.15, 0.2) is 5.43 Å². The lowest BCUT2D eigenvalue weighted by Gasteiger charge is -2.30. The molecule has 1 saturated carbocycles. The molecule has 27 heavy (non-hydrogen) atoms. The number of rotatable bonds is 3. The van der Waals surface area contributed by atoms with Crippen LogP contribution in [0.4, 0.5) is 0 Å². The summed E-state index contributed by atoms with van der Waals surface area (Å²) in [6.45, 7) is 3.38. The maximum absolute atomic E-state index is 12.9. The minimum absolute atomic E-state index is 0.239. The fourth-order valence-electron chi connectivity index (χ4n) is 4.22. The lowest BCUT2D eigenvalue weighted by molar-refractivity contribution is -0.0230. The van der Waals surface area contributed by atoms with E-state index >= 15 is 0 Å². The van der Waals surface area contributed by atoms with Crippen LogP contribution in [0.5, 0.6) is 11.5 Å². The van der Waals surface area contributed by atoms with E-state index in [0.717, 1.165) is 24.8 Å². The average Bonchev–Trinajstić information content (AvgIpc) is 3.04. The molecule has 0 saturated heterocycles. The SMILES string of the molecule is COc1c2c(cc3oc(C4(O)CCCCC4)cc(=O)c13)O[C@H](C(C)(C)O)C2. The third kappa shape index (κ3) is 3.01. The van der Waals surface area contributed by atoms with Crippen LogP contribution in [0.2, 0.25) is 0 Å². The van der Waals surface area contributed by atoms with Gasteiger partial charge in [-0.2, -0.15) is 0 Å². The van der Waals surface area contributed by atoms with Gasteiger partial charge in [-0.05, 0) is 26.7 Å². The molecule has 0 bridgehead atoms. The largest absolute Gasteiger partial charge is 0.495 e. The zero-order valence-electron chi connectivity index (χ0n) is 16.0. The predicted octanol–water partition coefficient (Wildman–Crippen LogP) is 3.03. The van der Waals surface area contributed by atoms with Gasteiger partial charge in [-0.25, -0.2) is 0 Å². The van der Waals surface area contributed by atoms with Gasteiger partial charge in [0.1, 0.15) is 39.9 Å². The van der Waals surface area contributed by atoms with E-state index in [-0.39, 0.29) is 5.43 Å². The Hall–Kier alpha value is -2.05. The van der Waals surface area contributed by atoms with Gasteiger partial charge in [0, 0.05) is 24.1 Å². The minimum atomic E-state index is -1.10. The summed E-state index contributed by atoms with van der Waals surface area (Å²) in [6.07, 6.45) is 4.07. The van der Waals surface area contributed by atoms with E-state index in [4.69, 9.17) is 13.9 Å². The molecule has 2 heterocycles.